The molecule has 0 unspecified atom stereocenters. The third-order valence-corrected chi connectivity index (χ3v) is 5.34. The van der Waals surface area contributed by atoms with E-state index in [1.54, 1.807) is 0 Å². The Kier molecular flexibility index (Phi) is 4.75. The molecule has 0 saturated carbocycles. The van der Waals surface area contributed by atoms with Crippen molar-refractivity contribution in [1.82, 2.24) is 29.2 Å². The molecule has 24 heavy (non-hydrogen) atoms. The van der Waals surface area contributed by atoms with E-state index in [-0.39, 0.29) is 6.04 Å². The summed E-state index contributed by atoms with van der Waals surface area (Å²) in [4.78, 5) is 2.31. The van der Waals surface area contributed by atoms with Crippen LogP contribution in [-0.2, 0) is 36.7 Å². The van der Waals surface area contributed by atoms with Crippen LogP contribution in [0.1, 0.15) is 23.4 Å². The van der Waals surface area contributed by atoms with Crippen LogP contribution in [-0.4, -0.2) is 51.7 Å². The lowest BCUT2D eigenvalue weighted by Gasteiger charge is -2.29. The summed E-state index contributed by atoms with van der Waals surface area (Å²) in [5, 5.41) is 8.67. The van der Waals surface area contributed by atoms with E-state index in [0.29, 0.717) is 6.54 Å². The third-order valence-electron chi connectivity index (χ3n) is 4.65. The molecule has 0 fully saturated rings. The van der Waals surface area contributed by atoms with Gasteiger partial charge in [0.05, 0.1) is 18.1 Å². The second kappa shape index (κ2) is 6.66. The number of nitrogens with zero attached hydrogens (tertiary/aromatic N) is 5. The van der Waals surface area contributed by atoms with E-state index in [2.05, 4.69) is 19.8 Å². The van der Waals surface area contributed by atoms with E-state index >= 15 is 0 Å². The molecule has 0 amide bonds. The Bertz CT molecular complexity index is 810. The van der Waals surface area contributed by atoms with Crippen LogP contribution in [0.25, 0.3) is 0 Å². The number of aromatic nitrogens is 4. The van der Waals surface area contributed by atoms with Crippen LogP contribution in [0.15, 0.2) is 18.5 Å². The molecule has 3 rings (SSSR count). The molecule has 0 aliphatic carbocycles. The number of rotatable bonds is 5. The molecule has 1 aliphatic rings. The molecular weight excluding hydrogens is 328 g/mol. The molecule has 3 heterocycles. The quantitative estimate of drug-likeness (QED) is 0.834. The molecule has 2 aromatic rings. The average molecular weight is 352 g/mol. The van der Waals surface area contributed by atoms with E-state index < -0.39 is 10.0 Å². The first-order chi connectivity index (χ1) is 11.3. The number of sulfonamides is 1. The van der Waals surface area contributed by atoms with Crippen LogP contribution in [0, 0.1) is 6.92 Å². The first kappa shape index (κ1) is 17.1. The molecule has 1 N–H and O–H groups in total. The zero-order valence-electron chi connectivity index (χ0n) is 14.3. The van der Waals surface area contributed by atoms with Gasteiger partial charge in [-0.05, 0) is 19.4 Å². The lowest BCUT2D eigenvalue weighted by atomic mass is 10.1. The van der Waals surface area contributed by atoms with Crippen LogP contribution in [0.2, 0.25) is 0 Å². The fraction of sp³-hybridized carbons (Fsp3) is 0.600. The van der Waals surface area contributed by atoms with Gasteiger partial charge in [-0.3, -0.25) is 14.3 Å². The normalized spacial score (nSPS) is 19.2. The standard InChI is InChI=1S/C15H24N6O2S/c1-12-13(8-17-19(12)2)10-20-11-15-4-6-16-21(15)7-5-14(20)9-18-24(3,22)23/h4,6,8,14,18H,5,7,9-11H2,1-3H3/t14-/m0/s1. The zero-order chi connectivity index (χ0) is 17.3. The number of nitrogens with one attached hydrogen (secondary N) is 1. The summed E-state index contributed by atoms with van der Waals surface area (Å²) in [6.07, 6.45) is 5.75. The van der Waals surface area contributed by atoms with Crippen molar-refractivity contribution in [3.05, 3.63) is 35.4 Å². The molecule has 1 aliphatic heterocycles. The fourth-order valence-electron chi connectivity index (χ4n) is 3.07. The smallest absolute Gasteiger partial charge is 0.208 e. The second-order valence-corrected chi connectivity index (χ2v) is 8.23. The average Bonchev–Trinajstić information content (AvgIpc) is 3.03. The zero-order valence-corrected chi connectivity index (χ0v) is 15.1. The van der Waals surface area contributed by atoms with Crippen LogP contribution >= 0.6 is 0 Å². The Morgan fingerprint density at radius 1 is 1.38 bits per heavy atom. The number of aryl methyl sites for hydroxylation is 2. The highest BCUT2D eigenvalue weighted by atomic mass is 32.2. The van der Waals surface area contributed by atoms with Gasteiger partial charge in [0, 0.05) is 56.7 Å². The molecule has 1 atom stereocenters. The molecule has 0 radical (unpaired) electrons. The summed E-state index contributed by atoms with van der Waals surface area (Å²) in [6, 6.07) is 2.14. The van der Waals surface area contributed by atoms with Gasteiger partial charge in [0.25, 0.3) is 0 Å². The van der Waals surface area contributed by atoms with Crippen LogP contribution in [0.3, 0.4) is 0 Å². The minimum absolute atomic E-state index is 0.112. The number of hydrogen-bond donors (Lipinski definition) is 1. The maximum absolute atomic E-state index is 11.5. The van der Waals surface area contributed by atoms with Crippen LogP contribution < -0.4 is 4.72 Å². The van der Waals surface area contributed by atoms with E-state index in [0.717, 1.165) is 43.0 Å². The maximum Gasteiger partial charge on any atom is 0.208 e. The highest BCUT2D eigenvalue weighted by molar-refractivity contribution is 7.88. The van der Waals surface area contributed by atoms with Crippen molar-refractivity contribution in [3.63, 3.8) is 0 Å². The SMILES string of the molecule is Cc1c(CN2Cc3ccnn3CC[C@H]2CNS(C)(=O)=O)cnn1C. The predicted octanol–water partition coefficient (Wildman–Crippen LogP) is 0.249. The molecule has 0 aromatic carbocycles. The van der Waals surface area contributed by atoms with Gasteiger partial charge in [0.1, 0.15) is 0 Å². The number of fused-ring (bicyclic) bond motifs is 1. The van der Waals surface area contributed by atoms with Crippen molar-refractivity contribution in [1.29, 1.82) is 0 Å². The molecule has 2 aromatic heterocycles. The van der Waals surface area contributed by atoms with Crippen molar-refractivity contribution in [3.8, 4) is 0 Å². The van der Waals surface area contributed by atoms with Gasteiger partial charge in [-0.1, -0.05) is 0 Å². The summed E-state index contributed by atoms with van der Waals surface area (Å²) in [5.41, 5.74) is 3.44. The summed E-state index contributed by atoms with van der Waals surface area (Å²) in [5.74, 6) is 0. The Morgan fingerprint density at radius 3 is 2.83 bits per heavy atom. The van der Waals surface area contributed by atoms with Gasteiger partial charge in [-0.25, -0.2) is 13.1 Å². The predicted molar refractivity (Wildman–Crippen MR) is 90.7 cm³/mol. The maximum atomic E-state index is 11.5. The number of hydrogen-bond acceptors (Lipinski definition) is 5. The van der Waals surface area contributed by atoms with Gasteiger partial charge in [-0.2, -0.15) is 10.2 Å². The molecular formula is C15H24N6O2S. The lowest BCUT2D eigenvalue weighted by Crippen LogP contribution is -2.42. The molecule has 0 spiro atoms. The van der Waals surface area contributed by atoms with Gasteiger partial charge < -0.3 is 0 Å². The lowest BCUT2D eigenvalue weighted by molar-refractivity contribution is 0.176. The summed E-state index contributed by atoms with van der Waals surface area (Å²) in [7, 11) is -1.28. The Balaban J connectivity index is 1.82. The van der Waals surface area contributed by atoms with Crippen molar-refractivity contribution in [2.45, 2.75) is 39.0 Å². The Labute approximate surface area is 142 Å². The fourth-order valence-corrected chi connectivity index (χ4v) is 3.56. The molecule has 8 nitrogen and oxygen atoms in total. The van der Waals surface area contributed by atoms with Crippen LogP contribution in [0.5, 0.6) is 0 Å². The summed E-state index contributed by atoms with van der Waals surface area (Å²) in [6.45, 7) is 4.73. The Hall–Kier alpha value is -1.71. The van der Waals surface area contributed by atoms with Gasteiger partial charge in [0.2, 0.25) is 10.0 Å². The van der Waals surface area contributed by atoms with E-state index in [4.69, 9.17) is 0 Å². The molecule has 132 valence electrons. The van der Waals surface area contributed by atoms with E-state index in [1.807, 2.05) is 41.8 Å². The summed E-state index contributed by atoms with van der Waals surface area (Å²) >= 11 is 0. The van der Waals surface area contributed by atoms with Crippen LogP contribution in [0.4, 0.5) is 0 Å². The highest BCUT2D eigenvalue weighted by Gasteiger charge is 2.26. The van der Waals surface area contributed by atoms with Crippen molar-refractivity contribution < 1.29 is 8.42 Å². The van der Waals surface area contributed by atoms with Gasteiger partial charge >= 0.3 is 0 Å². The Morgan fingerprint density at radius 2 is 2.17 bits per heavy atom. The van der Waals surface area contributed by atoms with Crippen molar-refractivity contribution >= 4 is 10.0 Å². The van der Waals surface area contributed by atoms with E-state index in [9.17, 15) is 8.42 Å². The monoisotopic (exact) mass is 352 g/mol. The van der Waals surface area contributed by atoms with Gasteiger partial charge in [0.15, 0.2) is 0 Å². The largest absolute Gasteiger partial charge is 0.289 e. The highest BCUT2D eigenvalue weighted by Crippen LogP contribution is 2.20. The molecule has 0 saturated heterocycles. The van der Waals surface area contributed by atoms with E-state index in [1.165, 1.54) is 6.26 Å². The minimum atomic E-state index is -3.21. The topological polar surface area (TPSA) is 85.1 Å². The van der Waals surface area contributed by atoms with Gasteiger partial charge in [-0.15, -0.1) is 0 Å². The minimum Gasteiger partial charge on any atom is -0.289 e. The molecule has 0 bridgehead atoms. The first-order valence-electron chi connectivity index (χ1n) is 8.00. The second-order valence-electron chi connectivity index (χ2n) is 6.39. The molecule has 9 heteroatoms. The van der Waals surface area contributed by atoms with Crippen molar-refractivity contribution in [2.75, 3.05) is 12.8 Å². The van der Waals surface area contributed by atoms with Crippen molar-refractivity contribution in [2.24, 2.45) is 7.05 Å². The first-order valence-corrected chi connectivity index (χ1v) is 9.89. The third kappa shape index (κ3) is 3.85. The summed E-state index contributed by atoms with van der Waals surface area (Å²) < 4.78 is 29.5.